The summed E-state index contributed by atoms with van der Waals surface area (Å²) in [6.07, 6.45) is 78.8. The highest BCUT2D eigenvalue weighted by Crippen LogP contribution is 2.49. The molecular formula is C138H202O5. The molecule has 0 radical (unpaired) electrons. The highest BCUT2D eigenvalue weighted by molar-refractivity contribution is 5.89. The molecule has 0 bridgehead atoms. The van der Waals surface area contributed by atoms with Gasteiger partial charge in [0.1, 0.15) is 17.2 Å². The fourth-order valence-electron chi connectivity index (χ4n) is 26.1. The van der Waals surface area contributed by atoms with Gasteiger partial charge in [-0.1, -0.05) is 431 Å². The highest BCUT2D eigenvalue weighted by Gasteiger charge is 2.36. The molecule has 0 N–H and O–H groups in total. The van der Waals surface area contributed by atoms with Crippen LogP contribution in [0.1, 0.15) is 454 Å². The summed E-state index contributed by atoms with van der Waals surface area (Å²) in [6.45, 7) is 35.5. The molecule has 784 valence electrons. The number of aryl methyl sites for hydroxylation is 5. The van der Waals surface area contributed by atoms with Crippen LogP contribution in [0.15, 0.2) is 218 Å². The number of carbonyl (C=O) groups excluding carboxylic acids is 2. The molecule has 8 aliphatic rings. The molecule has 0 spiro atoms. The highest BCUT2D eigenvalue weighted by atomic mass is 16.5. The lowest BCUT2D eigenvalue weighted by atomic mass is 9.68. The predicted molar refractivity (Wildman–Crippen MR) is 617 cm³/mol. The van der Waals surface area contributed by atoms with E-state index in [4.69, 9.17) is 14.2 Å². The second-order valence-electron chi connectivity index (χ2n) is 46.3. The van der Waals surface area contributed by atoms with Crippen LogP contribution in [-0.2, 0) is 28.9 Å². The van der Waals surface area contributed by atoms with Crippen molar-refractivity contribution < 1.29 is 23.8 Å². The van der Waals surface area contributed by atoms with E-state index < -0.39 is 11.9 Å². The second kappa shape index (κ2) is 66.3. The molecule has 0 aromatic heterocycles. The van der Waals surface area contributed by atoms with E-state index in [0.29, 0.717) is 22.6 Å². The summed E-state index contributed by atoms with van der Waals surface area (Å²) in [6, 6.07) is 68.0. The number of esters is 2. The molecule has 0 saturated heterocycles. The van der Waals surface area contributed by atoms with E-state index in [-0.39, 0.29) is 0 Å². The lowest BCUT2D eigenvalue weighted by molar-refractivity contribution is -0.130. The van der Waals surface area contributed by atoms with E-state index in [1.807, 2.05) is 36.4 Å². The minimum absolute atomic E-state index is 0.346. The molecule has 8 saturated carbocycles. The van der Waals surface area contributed by atoms with E-state index >= 15 is 0 Å². The van der Waals surface area contributed by atoms with Crippen molar-refractivity contribution in [2.45, 2.75) is 449 Å². The number of benzene rings is 8. The largest absolute Gasteiger partial charge is 0.497 e. The van der Waals surface area contributed by atoms with Gasteiger partial charge in [0.25, 0.3) is 0 Å². The minimum atomic E-state index is -0.452. The normalized spacial score (nSPS) is 24.1. The van der Waals surface area contributed by atoms with E-state index in [1.54, 1.807) is 146 Å². The summed E-state index contributed by atoms with van der Waals surface area (Å²) in [5, 5.41) is 0. The molecule has 0 unspecified atom stereocenters. The monoisotopic (exact) mass is 1940 g/mol. The molecule has 5 heteroatoms. The quantitative estimate of drug-likeness (QED) is 0.0169. The van der Waals surface area contributed by atoms with Crippen LogP contribution in [0.25, 0.3) is 33.4 Å². The number of unbranched alkanes of at least 4 members (excludes halogenated alkanes) is 5. The average Bonchev–Trinajstić information content (AvgIpc) is 0.839. The topological polar surface area (TPSA) is 61.8 Å². The Kier molecular flexibility index (Phi) is 54.2. The van der Waals surface area contributed by atoms with Gasteiger partial charge in [0.05, 0.1) is 7.11 Å². The van der Waals surface area contributed by atoms with Crippen LogP contribution in [0, 0.1) is 96.7 Å². The van der Waals surface area contributed by atoms with Gasteiger partial charge in [-0.05, 0) is 380 Å². The number of hydrogen-bond acceptors (Lipinski definition) is 5. The van der Waals surface area contributed by atoms with Gasteiger partial charge in [-0.3, -0.25) is 0 Å². The first kappa shape index (κ1) is 117. The van der Waals surface area contributed by atoms with Crippen LogP contribution in [0.2, 0.25) is 0 Å². The van der Waals surface area contributed by atoms with Gasteiger partial charge in [-0.2, -0.15) is 0 Å². The standard InChI is InChI=1S/C24H38.C22H34.C20H18O4.C19H36.C18H22O.C18H22.C17H32/c1-3-5-19-7-11-21(12-8-19)23-15-17-24(18-16-23)22-13-9-20(6-4-2)10-14-22;1-3-4-18-7-11-20(12-8-18)22-15-13-21(14-16-22)19-9-5-17(2)6-10-19;1-13(2)19(21)23-17-9-5-15(6-10-17)16-7-11-18(12-8-16)24-20(22)14(3)4;1-3-5-7-17-10-14-19(15-11-17)18-12-8-16(6-4-2)9-13-18;1-3-4-5-6-15-7-9-16(10-8-15)17-11-13-18(19-2)14-12-17;1-3-4-5-6-16-9-13-18(14-10-16)17-11-7-15(2)8-12-17;1-3-5-15-8-12-17(13-9-15)16-10-6-14(4-2)7-11-16/h7-8,11-12,20,22-24H,3-6,9-10,13-18H2,1-2H3;5-6,9-10,18,20-22H,3-4,7-8,11-16H2,1-2H3;5-12H,1,3H2,2,4H3;16-19H,3-15H2,1-2H3;7-14H,3-6H2,1-2H3;7-14H,3-6H2,1-2H3;14-17H,3-13H2,1-2H3. The maximum absolute atomic E-state index is 11.5. The molecule has 16 rings (SSSR count). The van der Waals surface area contributed by atoms with Crippen LogP contribution in [-0.4, -0.2) is 19.0 Å². The van der Waals surface area contributed by atoms with Crippen molar-refractivity contribution in [1.82, 2.24) is 0 Å². The van der Waals surface area contributed by atoms with Gasteiger partial charge in [0, 0.05) is 11.1 Å². The first-order valence-electron chi connectivity index (χ1n) is 59.7. The van der Waals surface area contributed by atoms with Gasteiger partial charge < -0.3 is 14.2 Å². The Morgan fingerprint density at radius 1 is 0.245 bits per heavy atom. The summed E-state index contributed by atoms with van der Waals surface area (Å²) in [7, 11) is 1.69. The zero-order valence-corrected chi connectivity index (χ0v) is 93.4. The number of ether oxygens (including phenoxy) is 3. The molecule has 0 atom stereocenters. The Balaban J connectivity index is 0.000000172. The SMILES string of the molecule is C=C(C)C(=O)Oc1ccc(-c2ccc(OC(=O)C(=C)C)cc2)cc1.CCCC1CCC(C2CCC(CC)CC2)CC1.CCCC1CCC(C2CCC(c3ccc(C)cc3)CC2)CC1.CCCCC1CCC(C2CCC(CCC)CC2)CC1.CCCCCc1ccc(-c2ccc(C)cc2)cc1.CCCCCc1ccc(-c2ccc(OC)cc2)cc1.CCCc1ccc(C2CCC(C3CCC(CCC)CC3)CC2)cc1. The van der Waals surface area contributed by atoms with E-state index in [1.165, 1.54) is 307 Å². The van der Waals surface area contributed by atoms with E-state index in [0.717, 1.165) is 112 Å². The maximum atomic E-state index is 11.5. The first-order chi connectivity index (χ1) is 69.7. The number of rotatable bonds is 36. The van der Waals surface area contributed by atoms with E-state index in [2.05, 4.69) is 223 Å². The van der Waals surface area contributed by atoms with Gasteiger partial charge in [0.2, 0.25) is 0 Å². The van der Waals surface area contributed by atoms with Crippen molar-refractivity contribution in [2.24, 2.45) is 82.9 Å². The molecule has 5 nitrogen and oxygen atoms in total. The van der Waals surface area contributed by atoms with Crippen molar-refractivity contribution in [3.05, 3.63) is 257 Å². The molecule has 0 aliphatic heterocycles. The lowest BCUT2D eigenvalue weighted by Gasteiger charge is -2.38. The van der Waals surface area contributed by atoms with E-state index in [9.17, 15) is 9.59 Å². The Hall–Kier alpha value is -8.02. The van der Waals surface area contributed by atoms with Gasteiger partial charge in [-0.15, -0.1) is 0 Å². The van der Waals surface area contributed by atoms with Crippen molar-refractivity contribution >= 4 is 11.9 Å². The fourth-order valence-corrected chi connectivity index (χ4v) is 26.1. The second-order valence-corrected chi connectivity index (χ2v) is 46.3. The van der Waals surface area contributed by atoms with Crippen LogP contribution in [0.5, 0.6) is 17.2 Å². The Morgan fingerprint density at radius 2 is 0.476 bits per heavy atom. The Bertz CT molecular complexity index is 4610. The Morgan fingerprint density at radius 3 is 0.734 bits per heavy atom. The number of methoxy groups -OCH3 is 1. The first-order valence-corrected chi connectivity index (χ1v) is 59.7. The summed E-state index contributed by atoms with van der Waals surface area (Å²) in [4.78, 5) is 22.9. The van der Waals surface area contributed by atoms with Crippen molar-refractivity contribution in [2.75, 3.05) is 7.11 Å². The summed E-state index contributed by atoms with van der Waals surface area (Å²) in [5.74, 6) is 17.7. The third-order valence-corrected chi connectivity index (χ3v) is 35.4. The van der Waals surface area contributed by atoms with Crippen molar-refractivity contribution in [3.63, 3.8) is 0 Å². The van der Waals surface area contributed by atoms with Crippen molar-refractivity contribution in [3.8, 4) is 50.6 Å². The third kappa shape index (κ3) is 41.6. The van der Waals surface area contributed by atoms with Crippen LogP contribution >= 0.6 is 0 Å². The molecule has 8 aromatic carbocycles. The van der Waals surface area contributed by atoms with Gasteiger partial charge >= 0.3 is 11.9 Å². The van der Waals surface area contributed by atoms with Gasteiger partial charge in [-0.25, -0.2) is 9.59 Å². The summed E-state index contributed by atoms with van der Waals surface area (Å²) < 4.78 is 15.5. The zero-order valence-electron chi connectivity index (χ0n) is 93.4. The smallest absolute Gasteiger partial charge is 0.338 e. The summed E-state index contributed by atoms with van der Waals surface area (Å²) in [5.41, 5.74) is 18.0. The molecule has 0 heterocycles. The maximum Gasteiger partial charge on any atom is 0.338 e. The molecule has 143 heavy (non-hydrogen) atoms. The fraction of sp³-hybridized carbons (Fsp3) is 0.609. The number of carbonyl (C=O) groups is 2. The molecular weight excluding hydrogens is 1740 g/mol. The van der Waals surface area contributed by atoms with Crippen LogP contribution in [0.4, 0.5) is 0 Å². The third-order valence-electron chi connectivity index (χ3n) is 35.4. The molecule has 0 amide bonds. The molecule has 8 fully saturated rings. The molecule has 8 aromatic rings. The predicted octanol–water partition coefficient (Wildman–Crippen LogP) is 41.6. The average molecular weight is 1940 g/mol. The Labute approximate surface area is 876 Å². The minimum Gasteiger partial charge on any atom is -0.497 e. The lowest BCUT2D eigenvalue weighted by Crippen LogP contribution is -2.25. The van der Waals surface area contributed by atoms with Gasteiger partial charge in [0.15, 0.2) is 0 Å². The zero-order chi connectivity index (χ0) is 102. The van der Waals surface area contributed by atoms with Crippen LogP contribution < -0.4 is 14.2 Å². The summed E-state index contributed by atoms with van der Waals surface area (Å²) >= 11 is 0. The van der Waals surface area contributed by atoms with Crippen molar-refractivity contribution in [1.29, 1.82) is 0 Å². The van der Waals surface area contributed by atoms with Crippen LogP contribution in [0.3, 0.4) is 0 Å². The number of hydrogen-bond donors (Lipinski definition) is 0. The molecule has 8 aliphatic carbocycles.